The van der Waals surface area contributed by atoms with Crippen molar-refractivity contribution in [1.29, 1.82) is 0 Å². The Balaban J connectivity index is 2.16. The number of hydrogen-bond donors (Lipinski definition) is 2. The SMILES string of the molecule is OCC1(C2(O)CCCOCC2)CCSCC1. The van der Waals surface area contributed by atoms with Crippen molar-refractivity contribution < 1.29 is 14.9 Å². The fourth-order valence-electron chi connectivity index (χ4n) is 3.00. The van der Waals surface area contributed by atoms with Crippen LogP contribution in [0, 0.1) is 5.41 Å². The van der Waals surface area contributed by atoms with Gasteiger partial charge in [-0.1, -0.05) is 0 Å². The molecule has 1 atom stereocenters. The van der Waals surface area contributed by atoms with E-state index in [1.165, 1.54) is 0 Å². The maximum atomic E-state index is 10.9. The molecule has 0 amide bonds. The second-order valence-corrected chi connectivity index (χ2v) is 6.27. The van der Waals surface area contributed by atoms with Crippen molar-refractivity contribution in [3.63, 3.8) is 0 Å². The average Bonchev–Trinajstić information content (AvgIpc) is 2.56. The van der Waals surface area contributed by atoms with Gasteiger partial charge in [0.1, 0.15) is 0 Å². The fourth-order valence-corrected chi connectivity index (χ4v) is 4.27. The van der Waals surface area contributed by atoms with Gasteiger partial charge < -0.3 is 14.9 Å². The number of hydrogen-bond acceptors (Lipinski definition) is 4. The summed E-state index contributed by atoms with van der Waals surface area (Å²) in [6.07, 6.45) is 4.23. The third-order valence-corrected chi connectivity index (χ3v) is 5.26. The third kappa shape index (κ3) is 2.26. The number of aliphatic hydroxyl groups excluding tert-OH is 1. The molecule has 2 saturated heterocycles. The van der Waals surface area contributed by atoms with Crippen LogP contribution in [0.5, 0.6) is 0 Å². The molecule has 0 saturated carbocycles. The van der Waals surface area contributed by atoms with Gasteiger partial charge in [0, 0.05) is 25.0 Å². The molecule has 0 aromatic rings. The maximum Gasteiger partial charge on any atom is 0.0749 e. The Morgan fingerprint density at radius 3 is 2.50 bits per heavy atom. The Morgan fingerprint density at radius 2 is 1.81 bits per heavy atom. The normalized spacial score (nSPS) is 35.6. The summed E-state index contributed by atoms with van der Waals surface area (Å²) in [6.45, 7) is 1.49. The van der Waals surface area contributed by atoms with Crippen LogP contribution in [0.2, 0.25) is 0 Å². The molecule has 2 N–H and O–H groups in total. The summed E-state index contributed by atoms with van der Waals surface area (Å²) in [5, 5.41) is 20.6. The third-order valence-electron chi connectivity index (χ3n) is 4.28. The highest BCUT2D eigenvalue weighted by Gasteiger charge is 2.50. The summed E-state index contributed by atoms with van der Waals surface area (Å²) in [6, 6.07) is 0. The molecule has 3 nitrogen and oxygen atoms in total. The van der Waals surface area contributed by atoms with Crippen molar-refractivity contribution in [3.8, 4) is 0 Å². The van der Waals surface area contributed by atoms with Gasteiger partial charge in [0.25, 0.3) is 0 Å². The Morgan fingerprint density at radius 1 is 1.06 bits per heavy atom. The summed E-state index contributed by atoms with van der Waals surface area (Å²) in [7, 11) is 0. The van der Waals surface area contributed by atoms with E-state index >= 15 is 0 Å². The molecular formula is C12H22O3S. The highest BCUT2D eigenvalue weighted by atomic mass is 32.2. The molecule has 2 aliphatic heterocycles. The topological polar surface area (TPSA) is 49.7 Å². The van der Waals surface area contributed by atoms with Gasteiger partial charge in [0.05, 0.1) is 12.2 Å². The monoisotopic (exact) mass is 246 g/mol. The molecule has 0 aromatic heterocycles. The molecule has 94 valence electrons. The summed E-state index contributed by atoms with van der Waals surface area (Å²) < 4.78 is 5.42. The van der Waals surface area contributed by atoms with Crippen LogP contribution >= 0.6 is 11.8 Å². The average molecular weight is 246 g/mol. The zero-order valence-corrected chi connectivity index (χ0v) is 10.6. The molecule has 16 heavy (non-hydrogen) atoms. The van der Waals surface area contributed by atoms with Crippen LogP contribution in [0.1, 0.15) is 32.1 Å². The Bertz CT molecular complexity index is 218. The summed E-state index contributed by atoms with van der Waals surface area (Å²) in [5.41, 5.74) is -0.981. The molecule has 2 heterocycles. The van der Waals surface area contributed by atoms with Gasteiger partial charge in [-0.15, -0.1) is 0 Å². The lowest BCUT2D eigenvalue weighted by atomic mass is 9.65. The molecule has 0 aromatic carbocycles. The predicted octanol–water partition coefficient (Wildman–Crippen LogP) is 1.42. The minimum atomic E-state index is -0.709. The van der Waals surface area contributed by atoms with E-state index in [4.69, 9.17) is 4.74 Å². The van der Waals surface area contributed by atoms with Crippen LogP contribution in [0.3, 0.4) is 0 Å². The fraction of sp³-hybridized carbons (Fsp3) is 1.00. The lowest BCUT2D eigenvalue weighted by Gasteiger charge is -2.48. The Kier molecular flexibility index (Phi) is 4.16. The van der Waals surface area contributed by atoms with E-state index < -0.39 is 5.60 Å². The van der Waals surface area contributed by atoms with Gasteiger partial charge in [-0.2, -0.15) is 11.8 Å². The quantitative estimate of drug-likeness (QED) is 0.774. The number of aliphatic hydroxyl groups is 2. The Hall–Kier alpha value is 0.230. The molecule has 4 heteroatoms. The van der Waals surface area contributed by atoms with Gasteiger partial charge in [0.15, 0.2) is 0 Å². The largest absolute Gasteiger partial charge is 0.396 e. The standard InChI is InChI=1S/C12H22O3S/c13-10-11(4-8-16-9-5-11)12(14)2-1-6-15-7-3-12/h13-14H,1-10H2. The number of rotatable bonds is 2. The summed E-state index contributed by atoms with van der Waals surface area (Å²) in [5.74, 6) is 2.12. The van der Waals surface area contributed by atoms with Crippen LogP contribution in [0.25, 0.3) is 0 Å². The number of ether oxygens (including phenoxy) is 1. The zero-order chi connectivity index (χ0) is 11.5. The van der Waals surface area contributed by atoms with Crippen molar-refractivity contribution in [3.05, 3.63) is 0 Å². The molecule has 1 unspecified atom stereocenters. The van der Waals surface area contributed by atoms with Crippen molar-refractivity contribution in [2.75, 3.05) is 31.3 Å². The summed E-state index contributed by atoms with van der Waals surface area (Å²) >= 11 is 1.93. The second-order valence-electron chi connectivity index (χ2n) is 5.05. The van der Waals surface area contributed by atoms with E-state index in [-0.39, 0.29) is 12.0 Å². The molecule has 0 radical (unpaired) electrons. The van der Waals surface area contributed by atoms with Gasteiger partial charge in [-0.05, 0) is 37.2 Å². The van der Waals surface area contributed by atoms with Gasteiger partial charge in [-0.25, -0.2) is 0 Å². The van der Waals surface area contributed by atoms with Crippen LogP contribution in [0.4, 0.5) is 0 Å². The molecule has 0 bridgehead atoms. The molecule has 2 fully saturated rings. The van der Waals surface area contributed by atoms with Crippen LogP contribution < -0.4 is 0 Å². The van der Waals surface area contributed by atoms with E-state index in [0.717, 1.165) is 43.8 Å². The van der Waals surface area contributed by atoms with Crippen LogP contribution in [0.15, 0.2) is 0 Å². The van der Waals surface area contributed by atoms with E-state index in [2.05, 4.69) is 0 Å². The van der Waals surface area contributed by atoms with E-state index in [9.17, 15) is 10.2 Å². The van der Waals surface area contributed by atoms with E-state index in [1.807, 2.05) is 11.8 Å². The van der Waals surface area contributed by atoms with Crippen LogP contribution in [-0.4, -0.2) is 47.1 Å². The zero-order valence-electron chi connectivity index (χ0n) is 9.78. The van der Waals surface area contributed by atoms with Gasteiger partial charge >= 0.3 is 0 Å². The lowest BCUT2D eigenvalue weighted by molar-refractivity contribution is -0.124. The first kappa shape index (κ1) is 12.7. The predicted molar refractivity (Wildman–Crippen MR) is 65.7 cm³/mol. The van der Waals surface area contributed by atoms with Crippen molar-refractivity contribution in [2.24, 2.45) is 5.41 Å². The Labute approximate surface area is 102 Å². The highest BCUT2D eigenvalue weighted by molar-refractivity contribution is 7.99. The van der Waals surface area contributed by atoms with Crippen molar-refractivity contribution in [2.45, 2.75) is 37.7 Å². The first-order valence-electron chi connectivity index (χ1n) is 6.21. The van der Waals surface area contributed by atoms with E-state index in [1.54, 1.807) is 0 Å². The molecule has 0 spiro atoms. The van der Waals surface area contributed by atoms with Crippen molar-refractivity contribution >= 4 is 11.8 Å². The van der Waals surface area contributed by atoms with Crippen molar-refractivity contribution in [1.82, 2.24) is 0 Å². The summed E-state index contributed by atoms with van der Waals surface area (Å²) in [4.78, 5) is 0. The minimum Gasteiger partial charge on any atom is -0.396 e. The maximum absolute atomic E-state index is 10.9. The first-order chi connectivity index (χ1) is 7.72. The van der Waals surface area contributed by atoms with Gasteiger partial charge in [0.2, 0.25) is 0 Å². The second kappa shape index (κ2) is 5.25. The molecule has 0 aliphatic carbocycles. The first-order valence-corrected chi connectivity index (χ1v) is 7.37. The molecule has 2 aliphatic rings. The minimum absolute atomic E-state index is 0.115. The highest BCUT2D eigenvalue weighted by Crippen LogP contribution is 2.47. The van der Waals surface area contributed by atoms with Crippen LogP contribution in [-0.2, 0) is 4.74 Å². The number of thioether (sulfide) groups is 1. The lowest BCUT2D eigenvalue weighted by Crippen LogP contribution is -2.52. The molecule has 2 rings (SSSR count). The van der Waals surface area contributed by atoms with Gasteiger partial charge in [-0.3, -0.25) is 0 Å². The van der Waals surface area contributed by atoms with E-state index in [0.29, 0.717) is 13.0 Å². The molecular weight excluding hydrogens is 224 g/mol. The smallest absolute Gasteiger partial charge is 0.0749 e.